The number of amides is 1. The first-order chi connectivity index (χ1) is 10.2. The molecular weight excluding hydrogens is 288 g/mol. The number of aromatic nitrogens is 1. The number of fused-ring (bicyclic) bond motifs is 1. The molecule has 5 nitrogen and oxygen atoms in total. The van der Waals surface area contributed by atoms with E-state index in [0.29, 0.717) is 13.2 Å². The molecule has 2 heterocycles. The number of ether oxygens (including phenoxy) is 1. The van der Waals surface area contributed by atoms with Crippen molar-refractivity contribution in [2.45, 2.75) is 12.3 Å². The van der Waals surface area contributed by atoms with Gasteiger partial charge in [0.15, 0.2) is 0 Å². The van der Waals surface area contributed by atoms with Crippen molar-refractivity contribution in [3.8, 4) is 16.3 Å². The first-order valence-electron chi connectivity index (χ1n) is 6.76. The van der Waals surface area contributed by atoms with Crippen molar-refractivity contribution in [1.82, 2.24) is 9.88 Å². The van der Waals surface area contributed by atoms with E-state index in [0.717, 1.165) is 28.3 Å². The number of carboxylic acid groups (broad SMARTS) is 1. The number of likely N-dealkylation sites (N-methyl/N-ethyl adjacent to an activating group) is 1. The Balaban J connectivity index is 1.95. The van der Waals surface area contributed by atoms with E-state index in [9.17, 15) is 4.79 Å². The summed E-state index contributed by atoms with van der Waals surface area (Å²) in [6.45, 7) is 1.08. The summed E-state index contributed by atoms with van der Waals surface area (Å²) in [4.78, 5) is 16.7. The van der Waals surface area contributed by atoms with E-state index >= 15 is 0 Å². The summed E-state index contributed by atoms with van der Waals surface area (Å²) in [5, 5.41) is 11.9. The Hall–Kier alpha value is -2.08. The molecule has 110 valence electrons. The van der Waals surface area contributed by atoms with Gasteiger partial charge in [-0.1, -0.05) is 12.1 Å². The second kappa shape index (κ2) is 5.73. The average Bonchev–Trinajstić information content (AvgIpc) is 3.01. The molecule has 0 fully saturated rings. The van der Waals surface area contributed by atoms with Gasteiger partial charge in [-0.15, -0.1) is 11.3 Å². The van der Waals surface area contributed by atoms with Crippen LogP contribution in [0.15, 0.2) is 29.8 Å². The lowest BCUT2D eigenvalue weighted by Gasteiger charge is -2.29. The van der Waals surface area contributed by atoms with E-state index in [1.807, 2.05) is 23.6 Å². The Labute approximate surface area is 126 Å². The maximum Gasteiger partial charge on any atom is 0.407 e. The van der Waals surface area contributed by atoms with E-state index in [1.165, 1.54) is 4.90 Å². The minimum absolute atomic E-state index is 0.162. The Morgan fingerprint density at radius 3 is 3.14 bits per heavy atom. The zero-order valence-corrected chi connectivity index (χ0v) is 12.5. The standard InChI is InChI=1S/C15H16N2O3S/c1-17(15(18)19)9-10-5-7-20-13-11(10)3-2-4-12(13)14-16-6-8-21-14/h2-4,6,8,10H,5,7,9H2,1H3,(H,18,19)/t10-/m0/s1. The largest absolute Gasteiger partial charge is 0.493 e. The van der Waals surface area contributed by atoms with Crippen molar-refractivity contribution >= 4 is 17.4 Å². The van der Waals surface area contributed by atoms with Crippen molar-refractivity contribution in [3.05, 3.63) is 35.3 Å². The first kappa shape index (κ1) is 13.9. The third-order valence-electron chi connectivity index (χ3n) is 3.68. The molecule has 1 aliphatic heterocycles. The Kier molecular flexibility index (Phi) is 3.79. The van der Waals surface area contributed by atoms with E-state index in [2.05, 4.69) is 4.98 Å². The summed E-state index contributed by atoms with van der Waals surface area (Å²) < 4.78 is 5.85. The van der Waals surface area contributed by atoms with Crippen LogP contribution < -0.4 is 4.74 Å². The highest BCUT2D eigenvalue weighted by molar-refractivity contribution is 7.13. The van der Waals surface area contributed by atoms with Gasteiger partial charge in [0.05, 0.1) is 12.2 Å². The highest BCUT2D eigenvalue weighted by Crippen LogP contribution is 2.41. The number of hydrogen-bond donors (Lipinski definition) is 1. The molecule has 1 amide bonds. The maximum atomic E-state index is 11.0. The van der Waals surface area contributed by atoms with Crippen molar-refractivity contribution in [2.24, 2.45) is 0 Å². The van der Waals surface area contributed by atoms with E-state index in [-0.39, 0.29) is 5.92 Å². The van der Waals surface area contributed by atoms with Crippen molar-refractivity contribution < 1.29 is 14.6 Å². The lowest BCUT2D eigenvalue weighted by atomic mass is 9.91. The van der Waals surface area contributed by atoms with Crippen LogP contribution in [0.1, 0.15) is 17.9 Å². The fraction of sp³-hybridized carbons (Fsp3) is 0.333. The molecular formula is C15H16N2O3S. The van der Waals surface area contributed by atoms with Gasteiger partial charge < -0.3 is 14.7 Å². The highest BCUT2D eigenvalue weighted by Gasteiger charge is 2.26. The van der Waals surface area contributed by atoms with Crippen molar-refractivity contribution in [2.75, 3.05) is 20.2 Å². The molecule has 21 heavy (non-hydrogen) atoms. The second-order valence-corrected chi connectivity index (χ2v) is 5.95. The van der Waals surface area contributed by atoms with Gasteiger partial charge in [-0.05, 0) is 18.1 Å². The van der Waals surface area contributed by atoms with Crippen LogP contribution in [0, 0.1) is 0 Å². The molecule has 0 spiro atoms. The number of carbonyl (C=O) groups is 1. The van der Waals surface area contributed by atoms with Gasteiger partial charge in [0.25, 0.3) is 0 Å². The monoisotopic (exact) mass is 304 g/mol. The summed E-state index contributed by atoms with van der Waals surface area (Å²) >= 11 is 1.57. The minimum Gasteiger partial charge on any atom is -0.493 e. The van der Waals surface area contributed by atoms with E-state index in [4.69, 9.17) is 9.84 Å². The Morgan fingerprint density at radius 2 is 2.43 bits per heavy atom. The van der Waals surface area contributed by atoms with Gasteiger partial charge in [0, 0.05) is 31.1 Å². The molecule has 1 N–H and O–H groups in total. The summed E-state index contributed by atoms with van der Waals surface area (Å²) in [6, 6.07) is 6.00. The predicted molar refractivity (Wildman–Crippen MR) is 81.1 cm³/mol. The number of rotatable bonds is 3. The van der Waals surface area contributed by atoms with E-state index in [1.54, 1.807) is 24.6 Å². The Bertz CT molecular complexity index is 642. The van der Waals surface area contributed by atoms with Gasteiger partial charge in [0.2, 0.25) is 0 Å². The normalized spacial score (nSPS) is 16.9. The third kappa shape index (κ3) is 2.71. The molecule has 1 atom stereocenters. The van der Waals surface area contributed by atoms with Crippen LogP contribution in [0.3, 0.4) is 0 Å². The van der Waals surface area contributed by atoms with Gasteiger partial charge >= 0.3 is 6.09 Å². The maximum absolute atomic E-state index is 11.0. The van der Waals surface area contributed by atoms with E-state index < -0.39 is 6.09 Å². The van der Waals surface area contributed by atoms with Crippen molar-refractivity contribution in [3.63, 3.8) is 0 Å². The zero-order valence-electron chi connectivity index (χ0n) is 11.7. The quantitative estimate of drug-likeness (QED) is 0.945. The molecule has 0 radical (unpaired) electrons. The molecule has 0 unspecified atom stereocenters. The molecule has 1 aliphatic rings. The molecule has 0 bridgehead atoms. The number of hydrogen-bond acceptors (Lipinski definition) is 4. The molecule has 0 saturated heterocycles. The number of thiazole rings is 1. The summed E-state index contributed by atoms with van der Waals surface area (Å²) in [6.07, 6.45) is 1.70. The van der Waals surface area contributed by atoms with Crippen LogP contribution in [0.25, 0.3) is 10.6 Å². The number of benzene rings is 1. The van der Waals surface area contributed by atoms with Crippen LogP contribution in [0.4, 0.5) is 4.79 Å². The molecule has 3 rings (SSSR count). The molecule has 0 aliphatic carbocycles. The first-order valence-corrected chi connectivity index (χ1v) is 7.64. The van der Waals surface area contributed by atoms with Gasteiger partial charge in [-0.3, -0.25) is 0 Å². The predicted octanol–water partition coefficient (Wildman–Crippen LogP) is 3.29. The second-order valence-electron chi connectivity index (χ2n) is 5.06. The van der Waals surface area contributed by atoms with Crippen LogP contribution in [-0.4, -0.2) is 41.3 Å². The van der Waals surface area contributed by atoms with Gasteiger partial charge in [-0.25, -0.2) is 9.78 Å². The third-order valence-corrected chi connectivity index (χ3v) is 4.49. The number of para-hydroxylation sites is 1. The minimum atomic E-state index is -0.904. The fourth-order valence-corrected chi connectivity index (χ4v) is 3.28. The molecule has 1 aromatic heterocycles. The highest BCUT2D eigenvalue weighted by atomic mass is 32.1. The fourth-order valence-electron chi connectivity index (χ4n) is 2.62. The Morgan fingerprint density at radius 1 is 1.57 bits per heavy atom. The lowest BCUT2D eigenvalue weighted by molar-refractivity contribution is 0.149. The molecule has 2 aromatic rings. The van der Waals surface area contributed by atoms with Gasteiger partial charge in [-0.2, -0.15) is 0 Å². The van der Waals surface area contributed by atoms with Gasteiger partial charge in [0.1, 0.15) is 10.8 Å². The molecule has 0 saturated carbocycles. The van der Waals surface area contributed by atoms with Crippen LogP contribution in [0.5, 0.6) is 5.75 Å². The summed E-state index contributed by atoms with van der Waals surface area (Å²) in [7, 11) is 1.60. The van der Waals surface area contributed by atoms with Crippen molar-refractivity contribution in [1.29, 1.82) is 0 Å². The molecule has 1 aromatic carbocycles. The van der Waals surface area contributed by atoms with Crippen LogP contribution in [0.2, 0.25) is 0 Å². The smallest absolute Gasteiger partial charge is 0.407 e. The summed E-state index contributed by atoms with van der Waals surface area (Å²) in [5.74, 6) is 1.01. The summed E-state index contributed by atoms with van der Waals surface area (Å²) in [5.41, 5.74) is 2.06. The number of nitrogens with zero attached hydrogens (tertiary/aromatic N) is 2. The topological polar surface area (TPSA) is 62.7 Å². The van der Waals surface area contributed by atoms with Crippen LogP contribution in [-0.2, 0) is 0 Å². The SMILES string of the molecule is CN(C[C@@H]1CCOc2c(-c3nccs3)cccc21)C(=O)O. The zero-order chi connectivity index (χ0) is 14.8. The van der Waals surface area contributed by atoms with Crippen LogP contribution >= 0.6 is 11.3 Å². The molecule has 6 heteroatoms. The lowest BCUT2D eigenvalue weighted by Crippen LogP contribution is -2.31. The average molecular weight is 304 g/mol.